The molecule has 1 aliphatic rings. The van der Waals surface area contributed by atoms with Crippen molar-refractivity contribution < 1.29 is 0 Å². The molecule has 0 bridgehead atoms. The standard InChI is InChI=1S/C18H16N2O/c21-18-16-10-15(14-6-7-14)8-9-17(16)19-12-20(18)11-13-4-2-1-3-5-13/h1-5,8-10,12,14H,6-7,11H2. The predicted molar refractivity (Wildman–Crippen MR) is 83.5 cm³/mol. The number of hydrogen-bond donors (Lipinski definition) is 0. The van der Waals surface area contributed by atoms with Gasteiger partial charge in [-0.2, -0.15) is 0 Å². The summed E-state index contributed by atoms with van der Waals surface area (Å²) < 4.78 is 1.69. The van der Waals surface area contributed by atoms with E-state index in [2.05, 4.69) is 11.1 Å². The van der Waals surface area contributed by atoms with E-state index in [1.165, 1.54) is 18.4 Å². The summed E-state index contributed by atoms with van der Waals surface area (Å²) in [5.74, 6) is 0.650. The highest BCUT2D eigenvalue weighted by molar-refractivity contribution is 5.78. The topological polar surface area (TPSA) is 34.9 Å². The number of hydrogen-bond acceptors (Lipinski definition) is 2. The van der Waals surface area contributed by atoms with Gasteiger partial charge in [-0.1, -0.05) is 36.4 Å². The Kier molecular flexibility index (Phi) is 2.85. The van der Waals surface area contributed by atoms with Crippen molar-refractivity contribution in [2.45, 2.75) is 25.3 Å². The van der Waals surface area contributed by atoms with Crippen molar-refractivity contribution in [3.05, 3.63) is 76.3 Å². The molecule has 3 nitrogen and oxygen atoms in total. The minimum absolute atomic E-state index is 0.0475. The van der Waals surface area contributed by atoms with E-state index in [9.17, 15) is 4.79 Å². The summed E-state index contributed by atoms with van der Waals surface area (Å²) in [6, 6.07) is 16.1. The molecule has 1 aromatic heterocycles. The summed E-state index contributed by atoms with van der Waals surface area (Å²) >= 11 is 0. The quantitative estimate of drug-likeness (QED) is 0.735. The van der Waals surface area contributed by atoms with Crippen molar-refractivity contribution in [3.63, 3.8) is 0 Å². The molecular weight excluding hydrogens is 260 g/mol. The number of aromatic nitrogens is 2. The van der Waals surface area contributed by atoms with Crippen LogP contribution in [-0.4, -0.2) is 9.55 Å². The summed E-state index contributed by atoms with van der Waals surface area (Å²) in [5, 5.41) is 0.734. The zero-order chi connectivity index (χ0) is 14.2. The summed E-state index contributed by atoms with van der Waals surface area (Å²) in [4.78, 5) is 17.1. The minimum Gasteiger partial charge on any atom is -0.294 e. The molecule has 1 saturated carbocycles. The second kappa shape index (κ2) is 4.85. The molecule has 1 aliphatic carbocycles. The Hall–Kier alpha value is -2.42. The van der Waals surface area contributed by atoms with Crippen LogP contribution in [0.1, 0.15) is 29.9 Å². The number of rotatable bonds is 3. The van der Waals surface area contributed by atoms with E-state index >= 15 is 0 Å². The van der Waals surface area contributed by atoms with Gasteiger partial charge in [0.15, 0.2) is 0 Å². The first-order valence-corrected chi connectivity index (χ1v) is 7.34. The molecule has 3 heteroatoms. The van der Waals surface area contributed by atoms with Gasteiger partial charge in [-0.15, -0.1) is 0 Å². The van der Waals surface area contributed by atoms with Crippen molar-refractivity contribution in [2.75, 3.05) is 0 Å². The highest BCUT2D eigenvalue weighted by atomic mass is 16.1. The van der Waals surface area contributed by atoms with Crippen LogP contribution in [0.15, 0.2) is 59.7 Å². The van der Waals surface area contributed by atoms with E-state index in [4.69, 9.17) is 0 Å². The van der Waals surface area contributed by atoms with Gasteiger partial charge in [-0.05, 0) is 42.0 Å². The van der Waals surface area contributed by atoms with Crippen molar-refractivity contribution >= 4 is 10.9 Å². The van der Waals surface area contributed by atoms with E-state index in [0.717, 1.165) is 16.5 Å². The summed E-state index contributed by atoms with van der Waals surface area (Å²) in [5.41, 5.74) is 3.22. The van der Waals surface area contributed by atoms with Crippen LogP contribution < -0.4 is 5.56 Å². The van der Waals surface area contributed by atoms with Crippen LogP contribution in [0.2, 0.25) is 0 Å². The zero-order valence-corrected chi connectivity index (χ0v) is 11.7. The fraction of sp³-hybridized carbons (Fsp3) is 0.222. The van der Waals surface area contributed by atoms with E-state index in [0.29, 0.717) is 12.5 Å². The molecule has 0 aliphatic heterocycles. The summed E-state index contributed by atoms with van der Waals surface area (Å²) in [6.07, 6.45) is 4.13. The van der Waals surface area contributed by atoms with Gasteiger partial charge in [-0.25, -0.2) is 4.98 Å². The molecule has 1 fully saturated rings. The summed E-state index contributed by atoms with van der Waals surface area (Å²) in [7, 11) is 0. The lowest BCUT2D eigenvalue weighted by atomic mass is 10.1. The van der Waals surface area contributed by atoms with Crippen molar-refractivity contribution in [1.82, 2.24) is 9.55 Å². The summed E-state index contributed by atoms with van der Waals surface area (Å²) in [6.45, 7) is 0.566. The van der Waals surface area contributed by atoms with Crippen LogP contribution in [0, 0.1) is 0 Å². The number of benzene rings is 2. The van der Waals surface area contributed by atoms with Gasteiger partial charge in [-0.3, -0.25) is 9.36 Å². The largest absolute Gasteiger partial charge is 0.294 e. The van der Waals surface area contributed by atoms with Gasteiger partial charge < -0.3 is 0 Å². The first-order chi connectivity index (χ1) is 10.3. The Morgan fingerprint density at radius 1 is 1.10 bits per heavy atom. The first-order valence-electron chi connectivity index (χ1n) is 7.34. The third-order valence-corrected chi connectivity index (χ3v) is 4.09. The van der Waals surface area contributed by atoms with Crippen molar-refractivity contribution in [1.29, 1.82) is 0 Å². The molecule has 4 rings (SSSR count). The normalized spacial score (nSPS) is 14.5. The van der Waals surface area contributed by atoms with Gasteiger partial charge in [0.1, 0.15) is 0 Å². The average molecular weight is 276 g/mol. The Bertz CT molecular complexity index is 848. The molecule has 2 aromatic carbocycles. The van der Waals surface area contributed by atoms with Crippen molar-refractivity contribution in [2.24, 2.45) is 0 Å². The molecule has 21 heavy (non-hydrogen) atoms. The van der Waals surface area contributed by atoms with Crippen LogP contribution in [0.25, 0.3) is 10.9 Å². The molecule has 0 N–H and O–H groups in total. The third-order valence-electron chi connectivity index (χ3n) is 4.09. The van der Waals surface area contributed by atoms with Crippen LogP contribution in [0.3, 0.4) is 0 Å². The second-order valence-electron chi connectivity index (χ2n) is 5.71. The average Bonchev–Trinajstić information content (AvgIpc) is 3.36. The maximum absolute atomic E-state index is 12.7. The Balaban J connectivity index is 1.79. The van der Waals surface area contributed by atoms with E-state index < -0.39 is 0 Å². The lowest BCUT2D eigenvalue weighted by molar-refractivity contribution is 0.748. The highest BCUT2D eigenvalue weighted by Gasteiger charge is 2.23. The fourth-order valence-electron chi connectivity index (χ4n) is 2.74. The molecule has 104 valence electrons. The van der Waals surface area contributed by atoms with Crippen LogP contribution >= 0.6 is 0 Å². The lowest BCUT2D eigenvalue weighted by Gasteiger charge is -2.07. The molecule has 0 unspecified atom stereocenters. The second-order valence-corrected chi connectivity index (χ2v) is 5.71. The van der Waals surface area contributed by atoms with E-state index in [-0.39, 0.29) is 5.56 Å². The van der Waals surface area contributed by atoms with Crippen LogP contribution in [-0.2, 0) is 6.54 Å². The van der Waals surface area contributed by atoms with Gasteiger partial charge in [0, 0.05) is 0 Å². The SMILES string of the molecule is O=c1c2cc(C3CC3)ccc2ncn1Cc1ccccc1. The molecule has 0 atom stereocenters. The monoisotopic (exact) mass is 276 g/mol. The zero-order valence-electron chi connectivity index (χ0n) is 11.7. The maximum atomic E-state index is 12.7. The van der Waals surface area contributed by atoms with Gasteiger partial charge in [0.05, 0.1) is 23.8 Å². The highest BCUT2D eigenvalue weighted by Crippen LogP contribution is 2.40. The van der Waals surface area contributed by atoms with Gasteiger partial charge in [0.2, 0.25) is 0 Å². The Morgan fingerprint density at radius 2 is 1.90 bits per heavy atom. The Labute approximate surface area is 122 Å². The molecule has 0 radical (unpaired) electrons. The van der Waals surface area contributed by atoms with Crippen LogP contribution in [0.5, 0.6) is 0 Å². The van der Waals surface area contributed by atoms with Crippen LogP contribution in [0.4, 0.5) is 0 Å². The maximum Gasteiger partial charge on any atom is 0.261 e. The van der Waals surface area contributed by atoms with E-state index in [1.54, 1.807) is 10.9 Å². The third kappa shape index (κ3) is 2.35. The molecular formula is C18H16N2O. The molecule has 1 heterocycles. The lowest BCUT2D eigenvalue weighted by Crippen LogP contribution is -2.21. The Morgan fingerprint density at radius 3 is 2.67 bits per heavy atom. The first kappa shape index (κ1) is 12.3. The van der Waals surface area contributed by atoms with Crippen molar-refractivity contribution in [3.8, 4) is 0 Å². The fourth-order valence-corrected chi connectivity index (χ4v) is 2.74. The molecule has 0 saturated heterocycles. The molecule has 3 aromatic rings. The molecule has 0 amide bonds. The predicted octanol–water partition coefficient (Wildman–Crippen LogP) is 3.32. The minimum atomic E-state index is 0.0475. The van der Waals surface area contributed by atoms with Gasteiger partial charge >= 0.3 is 0 Å². The molecule has 0 spiro atoms. The van der Waals surface area contributed by atoms with E-state index in [1.807, 2.05) is 42.5 Å². The number of fused-ring (bicyclic) bond motifs is 1. The van der Waals surface area contributed by atoms with Gasteiger partial charge in [0.25, 0.3) is 5.56 Å². The smallest absolute Gasteiger partial charge is 0.261 e. The number of nitrogens with zero attached hydrogens (tertiary/aromatic N) is 2.